The Morgan fingerprint density at radius 3 is 2.67 bits per heavy atom. The molecule has 154 valence electrons. The van der Waals surface area contributed by atoms with Crippen LogP contribution >= 0.6 is 11.3 Å². The minimum Gasteiger partial charge on any atom is -0.493 e. The predicted octanol–water partition coefficient (Wildman–Crippen LogP) is 4.02. The number of carbonyl (C=O) groups is 1. The van der Waals surface area contributed by atoms with Crippen LogP contribution in [-0.2, 0) is 24.3 Å². The fourth-order valence-electron chi connectivity index (χ4n) is 3.41. The number of nitrogens with one attached hydrogen (secondary N) is 1. The third kappa shape index (κ3) is 4.31. The average molecular weight is 422 g/mol. The van der Waals surface area contributed by atoms with Crippen molar-refractivity contribution >= 4 is 28.3 Å². The quantitative estimate of drug-likeness (QED) is 0.467. The molecule has 0 aliphatic carbocycles. The van der Waals surface area contributed by atoms with E-state index in [2.05, 4.69) is 5.32 Å². The molecule has 0 radical (unpaired) electrons. The van der Waals surface area contributed by atoms with Crippen LogP contribution in [0.15, 0.2) is 60.0 Å². The molecule has 7 heteroatoms. The normalized spacial score (nSPS) is 10.9. The van der Waals surface area contributed by atoms with E-state index in [1.54, 1.807) is 25.6 Å². The van der Waals surface area contributed by atoms with Gasteiger partial charge in [-0.1, -0.05) is 24.3 Å². The summed E-state index contributed by atoms with van der Waals surface area (Å²) in [5, 5.41) is 5.00. The highest BCUT2D eigenvalue weighted by molar-refractivity contribution is 7.09. The van der Waals surface area contributed by atoms with Crippen LogP contribution in [0.25, 0.3) is 11.0 Å². The van der Waals surface area contributed by atoms with Crippen molar-refractivity contribution in [2.75, 3.05) is 14.2 Å². The van der Waals surface area contributed by atoms with Gasteiger partial charge >= 0.3 is 0 Å². The zero-order chi connectivity index (χ0) is 20.9. The molecule has 4 aromatic rings. The Morgan fingerprint density at radius 1 is 1.07 bits per heavy atom. The number of fused-ring (bicyclic) bond motifs is 1. The molecule has 6 nitrogen and oxygen atoms in total. The van der Waals surface area contributed by atoms with Gasteiger partial charge in [0, 0.05) is 11.3 Å². The van der Waals surface area contributed by atoms with Crippen LogP contribution in [0.4, 0.5) is 0 Å². The molecule has 1 amide bonds. The molecular weight excluding hydrogens is 398 g/mol. The molecule has 2 aromatic carbocycles. The van der Waals surface area contributed by atoms with Gasteiger partial charge in [0.15, 0.2) is 11.5 Å². The molecule has 0 saturated carbocycles. The van der Waals surface area contributed by atoms with Crippen LogP contribution in [-0.4, -0.2) is 29.7 Å². The average Bonchev–Trinajstić information content (AvgIpc) is 3.40. The van der Waals surface area contributed by atoms with Crippen LogP contribution in [0.2, 0.25) is 0 Å². The van der Waals surface area contributed by atoms with Crippen molar-refractivity contribution in [3.8, 4) is 11.5 Å². The Balaban J connectivity index is 1.59. The molecule has 0 spiro atoms. The Labute approximate surface area is 179 Å². The maximum atomic E-state index is 12.6. The molecule has 2 aromatic heterocycles. The number of ether oxygens (including phenoxy) is 2. The van der Waals surface area contributed by atoms with E-state index in [1.165, 1.54) is 0 Å². The SMILES string of the molecule is COc1ccc(Cc2nc3ccccc3n2CC(=O)NCc2cccs2)cc1OC. The molecule has 0 unspecified atom stereocenters. The summed E-state index contributed by atoms with van der Waals surface area (Å²) < 4.78 is 12.7. The second-order valence-electron chi connectivity index (χ2n) is 6.83. The van der Waals surface area contributed by atoms with Gasteiger partial charge in [-0.05, 0) is 41.3 Å². The number of methoxy groups -OCH3 is 2. The van der Waals surface area contributed by atoms with E-state index < -0.39 is 0 Å². The summed E-state index contributed by atoms with van der Waals surface area (Å²) in [5.74, 6) is 2.14. The lowest BCUT2D eigenvalue weighted by Gasteiger charge is -2.12. The zero-order valence-electron chi connectivity index (χ0n) is 16.9. The molecule has 0 atom stereocenters. The van der Waals surface area contributed by atoms with Gasteiger partial charge in [0.05, 0.1) is 31.8 Å². The number of hydrogen-bond donors (Lipinski definition) is 1. The van der Waals surface area contributed by atoms with E-state index in [0.29, 0.717) is 24.5 Å². The largest absolute Gasteiger partial charge is 0.493 e. The Bertz CT molecular complexity index is 1150. The zero-order valence-corrected chi connectivity index (χ0v) is 17.7. The number of aromatic nitrogens is 2. The molecule has 0 saturated heterocycles. The lowest BCUT2D eigenvalue weighted by Crippen LogP contribution is -2.27. The first-order valence-corrected chi connectivity index (χ1v) is 10.5. The first-order valence-electron chi connectivity index (χ1n) is 9.62. The molecule has 0 aliphatic rings. The van der Waals surface area contributed by atoms with Crippen molar-refractivity contribution in [1.82, 2.24) is 14.9 Å². The first-order chi connectivity index (χ1) is 14.7. The fraction of sp³-hybridized carbons (Fsp3) is 0.217. The predicted molar refractivity (Wildman–Crippen MR) is 118 cm³/mol. The van der Waals surface area contributed by atoms with Gasteiger partial charge in [-0.15, -0.1) is 11.3 Å². The monoisotopic (exact) mass is 421 g/mol. The fourth-order valence-corrected chi connectivity index (χ4v) is 4.05. The summed E-state index contributed by atoms with van der Waals surface area (Å²) in [4.78, 5) is 18.6. The number of carbonyl (C=O) groups excluding carboxylic acids is 1. The molecule has 0 bridgehead atoms. The second-order valence-corrected chi connectivity index (χ2v) is 7.86. The van der Waals surface area contributed by atoms with Crippen LogP contribution in [0.1, 0.15) is 16.3 Å². The van der Waals surface area contributed by atoms with Gasteiger partial charge in [-0.25, -0.2) is 4.98 Å². The van der Waals surface area contributed by atoms with Crippen molar-refractivity contribution in [3.63, 3.8) is 0 Å². The van der Waals surface area contributed by atoms with Crippen LogP contribution in [0.3, 0.4) is 0 Å². The molecule has 0 fully saturated rings. The lowest BCUT2D eigenvalue weighted by atomic mass is 10.1. The van der Waals surface area contributed by atoms with Gasteiger partial charge in [-0.3, -0.25) is 4.79 Å². The number of para-hydroxylation sites is 2. The van der Waals surface area contributed by atoms with E-state index in [-0.39, 0.29) is 12.5 Å². The Hall–Kier alpha value is -3.32. The molecule has 1 N–H and O–H groups in total. The summed E-state index contributed by atoms with van der Waals surface area (Å²) in [7, 11) is 3.24. The third-order valence-corrected chi connectivity index (χ3v) is 5.76. The third-order valence-electron chi connectivity index (χ3n) is 4.89. The summed E-state index contributed by atoms with van der Waals surface area (Å²) in [6.07, 6.45) is 0.577. The van der Waals surface area contributed by atoms with Gasteiger partial charge in [0.1, 0.15) is 12.4 Å². The van der Waals surface area contributed by atoms with E-state index in [4.69, 9.17) is 14.5 Å². The van der Waals surface area contributed by atoms with E-state index >= 15 is 0 Å². The second kappa shape index (κ2) is 9.00. The topological polar surface area (TPSA) is 65.4 Å². The number of benzene rings is 2. The highest BCUT2D eigenvalue weighted by atomic mass is 32.1. The molecule has 0 aliphatic heterocycles. The van der Waals surface area contributed by atoms with E-state index in [1.807, 2.05) is 64.5 Å². The minimum absolute atomic E-state index is 0.0416. The Morgan fingerprint density at radius 2 is 1.90 bits per heavy atom. The van der Waals surface area contributed by atoms with Gasteiger partial charge in [0.25, 0.3) is 0 Å². The van der Waals surface area contributed by atoms with Crippen LogP contribution < -0.4 is 14.8 Å². The number of thiophene rings is 1. The van der Waals surface area contributed by atoms with Gasteiger partial charge < -0.3 is 19.4 Å². The summed E-state index contributed by atoms with van der Waals surface area (Å²) in [5.41, 5.74) is 2.85. The van der Waals surface area contributed by atoms with Crippen LogP contribution in [0.5, 0.6) is 11.5 Å². The molecule has 4 rings (SSSR count). The minimum atomic E-state index is -0.0416. The van der Waals surface area contributed by atoms with E-state index in [0.717, 1.165) is 27.3 Å². The van der Waals surface area contributed by atoms with Crippen molar-refractivity contribution in [2.24, 2.45) is 0 Å². The highest BCUT2D eigenvalue weighted by Gasteiger charge is 2.15. The van der Waals surface area contributed by atoms with Gasteiger partial charge in [-0.2, -0.15) is 0 Å². The molecular formula is C23H23N3O3S. The Kier molecular flexibility index (Phi) is 5.99. The number of hydrogen-bond acceptors (Lipinski definition) is 5. The van der Waals surface area contributed by atoms with Crippen molar-refractivity contribution in [3.05, 3.63) is 76.2 Å². The van der Waals surface area contributed by atoms with E-state index in [9.17, 15) is 4.79 Å². The molecule has 30 heavy (non-hydrogen) atoms. The maximum absolute atomic E-state index is 12.6. The standard InChI is InChI=1S/C23H23N3O3S/c1-28-20-10-9-16(12-21(20)29-2)13-22-25-18-7-3-4-8-19(18)26(22)15-23(27)24-14-17-6-5-11-30-17/h3-12H,13-15H2,1-2H3,(H,24,27). The van der Waals surface area contributed by atoms with Crippen molar-refractivity contribution in [2.45, 2.75) is 19.5 Å². The summed E-state index contributed by atoms with van der Waals surface area (Å²) >= 11 is 1.63. The van der Waals surface area contributed by atoms with Crippen molar-refractivity contribution in [1.29, 1.82) is 0 Å². The molecule has 2 heterocycles. The summed E-state index contributed by atoms with van der Waals surface area (Å²) in [6.45, 7) is 0.753. The maximum Gasteiger partial charge on any atom is 0.240 e. The smallest absolute Gasteiger partial charge is 0.240 e. The number of amides is 1. The highest BCUT2D eigenvalue weighted by Crippen LogP contribution is 2.29. The van der Waals surface area contributed by atoms with Gasteiger partial charge in [0.2, 0.25) is 5.91 Å². The number of nitrogens with zero attached hydrogens (tertiary/aromatic N) is 2. The van der Waals surface area contributed by atoms with Crippen LogP contribution in [0, 0.1) is 0 Å². The van der Waals surface area contributed by atoms with Crippen molar-refractivity contribution < 1.29 is 14.3 Å². The number of imidazole rings is 1. The first kappa shape index (κ1) is 20.0. The number of rotatable bonds is 8. The lowest BCUT2D eigenvalue weighted by molar-refractivity contribution is -0.121. The summed E-state index contributed by atoms with van der Waals surface area (Å²) in [6, 6.07) is 17.7.